The van der Waals surface area contributed by atoms with Crippen molar-refractivity contribution in [2.45, 2.75) is 29.7 Å². The van der Waals surface area contributed by atoms with E-state index in [4.69, 9.17) is 11.6 Å². The summed E-state index contributed by atoms with van der Waals surface area (Å²) in [4.78, 5) is 12.9. The Morgan fingerprint density at radius 2 is 1.85 bits per heavy atom. The van der Waals surface area contributed by atoms with Gasteiger partial charge in [-0.15, -0.1) is 11.3 Å². The average molecular weight is 415 g/mol. The van der Waals surface area contributed by atoms with E-state index in [-0.39, 0.29) is 16.7 Å². The lowest BCUT2D eigenvalue weighted by Gasteiger charge is -2.28. The van der Waals surface area contributed by atoms with Gasteiger partial charge in [0.2, 0.25) is 0 Å². The van der Waals surface area contributed by atoms with Crippen LogP contribution in [0.3, 0.4) is 0 Å². The Morgan fingerprint density at radius 3 is 2.50 bits per heavy atom. The van der Waals surface area contributed by atoms with Crippen molar-refractivity contribution in [2.75, 3.05) is 13.1 Å². The van der Waals surface area contributed by atoms with Crippen LogP contribution in [0.1, 0.15) is 28.1 Å². The van der Waals surface area contributed by atoms with Crippen LogP contribution in [0, 0.1) is 0 Å². The number of thiophene rings is 1. The molecule has 1 amide bonds. The lowest BCUT2D eigenvalue weighted by Crippen LogP contribution is -2.39. The molecule has 0 saturated carbocycles. The molecule has 0 bridgehead atoms. The maximum absolute atomic E-state index is 12.7. The Balaban J connectivity index is 1.62. The molecule has 1 fully saturated rings. The highest BCUT2D eigenvalue weighted by Gasteiger charge is 2.29. The van der Waals surface area contributed by atoms with Crippen LogP contribution in [0.2, 0.25) is 5.02 Å². The van der Waals surface area contributed by atoms with Crippen LogP contribution in [-0.4, -0.2) is 42.9 Å². The zero-order valence-corrected chi connectivity index (χ0v) is 16.3. The van der Waals surface area contributed by atoms with Crippen molar-refractivity contribution in [2.24, 2.45) is 0 Å². The van der Waals surface area contributed by atoms with Gasteiger partial charge >= 0.3 is 0 Å². The summed E-state index contributed by atoms with van der Waals surface area (Å²) in [6, 6.07) is 9.82. The summed E-state index contributed by atoms with van der Waals surface area (Å²) >= 11 is 6.95. The lowest BCUT2D eigenvalue weighted by atomic mass is 10.1. The highest BCUT2D eigenvalue weighted by molar-refractivity contribution is 7.91. The fourth-order valence-electron chi connectivity index (χ4n) is 2.67. The first-order valence-corrected chi connectivity index (χ1v) is 10.8. The molecule has 3 rings (SSSR count). The largest absolute Gasteiger partial charge is 0.393 e. The second kappa shape index (κ2) is 8.06. The predicted molar refractivity (Wildman–Crippen MR) is 101 cm³/mol. The minimum absolute atomic E-state index is 0.246. The van der Waals surface area contributed by atoms with Gasteiger partial charge in [-0.05, 0) is 49.2 Å². The van der Waals surface area contributed by atoms with Crippen LogP contribution < -0.4 is 5.32 Å². The Hall–Kier alpha value is -1.45. The van der Waals surface area contributed by atoms with E-state index in [0.29, 0.717) is 36.5 Å². The van der Waals surface area contributed by atoms with Gasteiger partial charge in [-0.1, -0.05) is 11.6 Å². The number of nitrogens with zero attached hydrogens (tertiary/aromatic N) is 1. The van der Waals surface area contributed by atoms with E-state index < -0.39 is 16.1 Å². The number of hydrogen-bond acceptors (Lipinski definition) is 5. The molecule has 1 aromatic carbocycles. The van der Waals surface area contributed by atoms with E-state index in [0.717, 1.165) is 16.2 Å². The molecule has 2 N–H and O–H groups in total. The first-order valence-electron chi connectivity index (χ1n) is 8.17. The quantitative estimate of drug-likeness (QED) is 0.786. The van der Waals surface area contributed by atoms with Crippen molar-refractivity contribution < 1.29 is 18.3 Å². The van der Waals surface area contributed by atoms with Gasteiger partial charge in [-0.3, -0.25) is 4.79 Å². The summed E-state index contributed by atoms with van der Waals surface area (Å²) in [6.45, 7) is 0.897. The summed E-state index contributed by atoms with van der Waals surface area (Å²) in [7, 11) is -3.55. The number of carbonyl (C=O) groups excluding carboxylic acids is 1. The average Bonchev–Trinajstić information content (AvgIpc) is 3.10. The van der Waals surface area contributed by atoms with Crippen molar-refractivity contribution >= 4 is 38.9 Å². The predicted octanol–water partition coefficient (Wildman–Crippen LogP) is 2.48. The molecule has 0 unspecified atom stereocenters. The molecule has 1 aliphatic rings. The lowest BCUT2D eigenvalue weighted by molar-refractivity contribution is 0.0951. The van der Waals surface area contributed by atoms with E-state index in [1.54, 1.807) is 36.4 Å². The van der Waals surface area contributed by atoms with E-state index >= 15 is 0 Å². The van der Waals surface area contributed by atoms with Crippen LogP contribution in [-0.2, 0) is 16.6 Å². The topological polar surface area (TPSA) is 86.7 Å². The minimum Gasteiger partial charge on any atom is -0.393 e. The Morgan fingerprint density at radius 1 is 1.19 bits per heavy atom. The fourth-order valence-corrected chi connectivity index (χ4v) is 5.72. The van der Waals surface area contributed by atoms with Crippen molar-refractivity contribution in [3.63, 3.8) is 0 Å². The van der Waals surface area contributed by atoms with Gasteiger partial charge in [0.15, 0.2) is 0 Å². The second-order valence-electron chi connectivity index (χ2n) is 6.05. The summed E-state index contributed by atoms with van der Waals surface area (Å²) in [5, 5.41) is 12.9. The smallest absolute Gasteiger partial charge is 0.252 e. The second-order valence-corrected chi connectivity index (χ2v) is 9.82. The Kier molecular flexibility index (Phi) is 5.99. The van der Waals surface area contributed by atoms with Gasteiger partial charge in [-0.25, -0.2) is 8.42 Å². The molecule has 1 aliphatic heterocycles. The molecular weight excluding hydrogens is 396 g/mol. The molecule has 1 saturated heterocycles. The van der Waals surface area contributed by atoms with Crippen molar-refractivity contribution in [1.82, 2.24) is 9.62 Å². The van der Waals surface area contributed by atoms with Gasteiger partial charge in [0, 0.05) is 28.6 Å². The number of carbonyl (C=O) groups is 1. The van der Waals surface area contributed by atoms with Crippen molar-refractivity contribution in [1.29, 1.82) is 0 Å². The Bertz CT molecular complexity index is 872. The van der Waals surface area contributed by atoms with Gasteiger partial charge in [0.1, 0.15) is 4.21 Å². The number of nitrogens with one attached hydrogen (secondary N) is 1. The molecule has 0 radical (unpaired) electrons. The zero-order valence-electron chi connectivity index (χ0n) is 13.9. The number of amides is 1. The third-order valence-electron chi connectivity index (χ3n) is 4.18. The number of aliphatic hydroxyl groups excluding tert-OH is 1. The number of hydrogen-bond donors (Lipinski definition) is 2. The van der Waals surface area contributed by atoms with Crippen molar-refractivity contribution in [3.8, 4) is 0 Å². The van der Waals surface area contributed by atoms with Crippen LogP contribution in [0.5, 0.6) is 0 Å². The summed E-state index contributed by atoms with van der Waals surface area (Å²) < 4.78 is 27.0. The third kappa shape index (κ3) is 4.44. The first kappa shape index (κ1) is 19.3. The molecule has 2 aromatic rings. The number of rotatable bonds is 5. The third-order valence-corrected chi connectivity index (χ3v) is 7.89. The molecule has 0 atom stereocenters. The van der Waals surface area contributed by atoms with Crippen LogP contribution in [0.25, 0.3) is 0 Å². The standard InChI is InChI=1S/C17H19ClN2O4S2/c18-13-3-1-12(2-4-13)17(22)19-11-15-5-6-16(25-15)26(23,24)20-9-7-14(21)8-10-20/h1-6,14,21H,7-11H2,(H,19,22). The van der Waals surface area contributed by atoms with Crippen molar-refractivity contribution in [3.05, 3.63) is 51.9 Å². The molecule has 6 nitrogen and oxygen atoms in total. The molecule has 0 aliphatic carbocycles. The van der Waals surface area contributed by atoms with E-state index in [2.05, 4.69) is 5.32 Å². The summed E-state index contributed by atoms with van der Waals surface area (Å²) in [5.74, 6) is -0.246. The first-order chi connectivity index (χ1) is 12.4. The summed E-state index contributed by atoms with van der Waals surface area (Å²) in [5.41, 5.74) is 0.491. The monoisotopic (exact) mass is 414 g/mol. The number of sulfonamides is 1. The van der Waals surface area contributed by atoms with Gasteiger partial charge in [0.05, 0.1) is 12.6 Å². The summed E-state index contributed by atoms with van der Waals surface area (Å²) in [6.07, 6.45) is 0.479. The SMILES string of the molecule is O=C(NCc1ccc(S(=O)(=O)N2CCC(O)CC2)s1)c1ccc(Cl)cc1. The Labute approximate surface area is 161 Å². The fraction of sp³-hybridized carbons (Fsp3) is 0.353. The van der Waals surface area contributed by atoms with Crippen LogP contribution in [0.15, 0.2) is 40.6 Å². The number of benzene rings is 1. The number of halogens is 1. The van der Waals surface area contributed by atoms with Gasteiger partial charge < -0.3 is 10.4 Å². The molecule has 0 spiro atoms. The molecule has 1 aromatic heterocycles. The van der Waals surface area contributed by atoms with E-state index in [9.17, 15) is 18.3 Å². The zero-order chi connectivity index (χ0) is 18.7. The van der Waals surface area contributed by atoms with Crippen LogP contribution >= 0.6 is 22.9 Å². The van der Waals surface area contributed by atoms with Crippen LogP contribution in [0.4, 0.5) is 0 Å². The molecule has 26 heavy (non-hydrogen) atoms. The number of piperidine rings is 1. The molecule has 140 valence electrons. The minimum atomic E-state index is -3.55. The van der Waals surface area contributed by atoms with Gasteiger partial charge in [0.25, 0.3) is 15.9 Å². The molecule has 2 heterocycles. The molecule has 9 heteroatoms. The normalized spacial score (nSPS) is 16.5. The number of aliphatic hydroxyl groups is 1. The molecular formula is C17H19ClN2O4S2. The van der Waals surface area contributed by atoms with E-state index in [1.807, 2.05) is 0 Å². The van der Waals surface area contributed by atoms with Gasteiger partial charge in [-0.2, -0.15) is 4.31 Å². The highest BCUT2D eigenvalue weighted by Crippen LogP contribution is 2.27. The maximum atomic E-state index is 12.7. The highest BCUT2D eigenvalue weighted by atomic mass is 35.5. The van der Waals surface area contributed by atoms with E-state index in [1.165, 1.54) is 4.31 Å². The maximum Gasteiger partial charge on any atom is 0.252 e.